The predicted octanol–water partition coefficient (Wildman–Crippen LogP) is 3.74. The summed E-state index contributed by atoms with van der Waals surface area (Å²) in [5, 5.41) is 6.22. The Hall–Kier alpha value is -2.61. The molecule has 0 fully saturated rings. The van der Waals surface area contributed by atoms with E-state index >= 15 is 0 Å². The van der Waals surface area contributed by atoms with E-state index in [9.17, 15) is 13.6 Å². The molecule has 1 aromatic carbocycles. The molecule has 0 radical (unpaired) electrons. The Morgan fingerprint density at radius 3 is 2.88 bits per heavy atom. The largest absolute Gasteiger partial charge is 0.453 e. The molecule has 0 N–H and O–H groups in total. The van der Waals surface area contributed by atoms with Crippen LogP contribution in [0.1, 0.15) is 29.1 Å². The molecular weight excluding hydrogens is 336 g/mol. The van der Waals surface area contributed by atoms with Gasteiger partial charge in [-0.1, -0.05) is 0 Å². The van der Waals surface area contributed by atoms with Gasteiger partial charge >= 0.3 is 5.97 Å². The number of hydrogen-bond donors (Lipinski definition) is 0. The molecule has 3 aromatic rings. The number of rotatable bonds is 4. The van der Waals surface area contributed by atoms with E-state index in [1.54, 1.807) is 29.5 Å². The lowest BCUT2D eigenvalue weighted by molar-refractivity contribution is 0.0324. The van der Waals surface area contributed by atoms with Crippen molar-refractivity contribution in [3.63, 3.8) is 0 Å². The minimum Gasteiger partial charge on any atom is -0.453 e. The summed E-state index contributed by atoms with van der Waals surface area (Å²) in [5.74, 6) is -1.93. The molecule has 0 saturated heterocycles. The summed E-state index contributed by atoms with van der Waals surface area (Å²) in [6, 6.07) is 3.02. The Bertz CT molecular complexity index is 891. The molecule has 0 bridgehead atoms. The highest BCUT2D eigenvalue weighted by atomic mass is 32.1. The summed E-state index contributed by atoms with van der Waals surface area (Å²) < 4.78 is 33.8. The van der Waals surface area contributed by atoms with Crippen molar-refractivity contribution in [1.29, 1.82) is 0 Å². The molecule has 8 heteroatoms. The van der Waals surface area contributed by atoms with Crippen molar-refractivity contribution in [3.05, 3.63) is 58.9 Å². The fourth-order valence-corrected chi connectivity index (χ4v) is 2.91. The summed E-state index contributed by atoms with van der Waals surface area (Å²) >= 11 is 1.27. The van der Waals surface area contributed by atoms with Crippen LogP contribution in [0.15, 0.2) is 36.0 Å². The van der Waals surface area contributed by atoms with E-state index in [0.29, 0.717) is 5.01 Å². The minimum absolute atomic E-state index is 0.0222. The normalized spacial score (nSPS) is 12.2. The number of nitrogens with zero attached hydrogens (tertiary/aromatic N) is 3. The summed E-state index contributed by atoms with van der Waals surface area (Å²) in [7, 11) is 1.78. The van der Waals surface area contributed by atoms with Gasteiger partial charge in [-0.25, -0.2) is 18.6 Å². The van der Waals surface area contributed by atoms with Crippen LogP contribution < -0.4 is 0 Å². The Morgan fingerprint density at radius 2 is 2.17 bits per heavy atom. The molecule has 1 atom stereocenters. The van der Waals surface area contributed by atoms with Crippen LogP contribution in [-0.2, 0) is 11.8 Å². The predicted molar refractivity (Wildman–Crippen MR) is 84.5 cm³/mol. The molecule has 0 amide bonds. The van der Waals surface area contributed by atoms with E-state index in [4.69, 9.17) is 4.74 Å². The number of aryl methyl sites for hydroxylation is 1. The number of benzene rings is 1. The molecule has 0 aliphatic rings. The Morgan fingerprint density at radius 1 is 1.38 bits per heavy atom. The summed E-state index contributed by atoms with van der Waals surface area (Å²) in [4.78, 5) is 16.4. The van der Waals surface area contributed by atoms with Gasteiger partial charge in [-0.3, -0.25) is 4.68 Å². The van der Waals surface area contributed by atoms with Crippen LogP contribution in [0.3, 0.4) is 0 Å². The Labute approximate surface area is 140 Å². The number of carbonyl (C=O) groups excluding carboxylic acids is 1. The van der Waals surface area contributed by atoms with Gasteiger partial charge in [0.25, 0.3) is 0 Å². The third-order valence-corrected chi connectivity index (χ3v) is 4.24. The second kappa shape index (κ2) is 6.48. The molecule has 0 saturated carbocycles. The zero-order chi connectivity index (χ0) is 17.3. The van der Waals surface area contributed by atoms with E-state index in [2.05, 4.69) is 10.1 Å². The van der Waals surface area contributed by atoms with E-state index in [1.807, 2.05) is 0 Å². The molecule has 5 nitrogen and oxygen atoms in total. The first kappa shape index (κ1) is 16.3. The highest BCUT2D eigenvalue weighted by Gasteiger charge is 2.20. The standard InChI is InChI=1S/C16H13F2N3O2S/c1-9(12-5-11(17)3-4-13(12)18)23-16(22)14-8-24-15(20-14)10-6-19-21(2)7-10/h3-9H,1-2H3. The van der Waals surface area contributed by atoms with Crippen molar-refractivity contribution in [2.45, 2.75) is 13.0 Å². The highest BCUT2D eigenvalue weighted by Crippen LogP contribution is 2.26. The number of ether oxygens (including phenoxy) is 1. The Kier molecular flexibility index (Phi) is 4.39. The second-order valence-electron chi connectivity index (χ2n) is 5.15. The van der Waals surface area contributed by atoms with Gasteiger partial charge < -0.3 is 4.74 Å². The van der Waals surface area contributed by atoms with Gasteiger partial charge in [0.1, 0.15) is 22.7 Å². The van der Waals surface area contributed by atoms with Crippen LogP contribution in [-0.4, -0.2) is 20.7 Å². The third-order valence-electron chi connectivity index (χ3n) is 3.34. The molecule has 2 aromatic heterocycles. The van der Waals surface area contributed by atoms with Crippen LogP contribution >= 0.6 is 11.3 Å². The van der Waals surface area contributed by atoms with Crippen molar-refractivity contribution >= 4 is 17.3 Å². The first-order valence-electron chi connectivity index (χ1n) is 7.04. The fraction of sp³-hybridized carbons (Fsp3) is 0.188. The number of thiazole rings is 1. The van der Waals surface area contributed by atoms with Crippen LogP contribution in [0, 0.1) is 11.6 Å². The average molecular weight is 349 g/mol. The van der Waals surface area contributed by atoms with Crippen molar-refractivity contribution in [2.24, 2.45) is 7.05 Å². The van der Waals surface area contributed by atoms with Crippen LogP contribution in [0.5, 0.6) is 0 Å². The molecule has 1 unspecified atom stereocenters. The molecule has 3 rings (SSSR count). The van der Waals surface area contributed by atoms with Gasteiger partial charge in [0.15, 0.2) is 5.69 Å². The van der Waals surface area contributed by atoms with E-state index in [0.717, 1.165) is 23.8 Å². The van der Waals surface area contributed by atoms with Crippen molar-refractivity contribution in [3.8, 4) is 10.6 Å². The van der Waals surface area contributed by atoms with Crippen LogP contribution in [0.25, 0.3) is 10.6 Å². The lowest BCUT2D eigenvalue weighted by Gasteiger charge is -2.13. The first-order chi connectivity index (χ1) is 11.4. The minimum atomic E-state index is -0.934. The van der Waals surface area contributed by atoms with Gasteiger partial charge in [0, 0.05) is 29.8 Å². The summed E-state index contributed by atoms with van der Waals surface area (Å²) in [5.41, 5.74) is 0.874. The maximum atomic E-state index is 13.7. The van der Waals surface area contributed by atoms with Crippen molar-refractivity contribution < 1.29 is 18.3 Å². The van der Waals surface area contributed by atoms with Gasteiger partial charge in [0.05, 0.1) is 6.20 Å². The topological polar surface area (TPSA) is 57.0 Å². The number of carbonyl (C=O) groups is 1. The third kappa shape index (κ3) is 3.33. The second-order valence-corrected chi connectivity index (χ2v) is 6.01. The van der Waals surface area contributed by atoms with Gasteiger partial charge in [-0.05, 0) is 25.1 Å². The first-order valence-corrected chi connectivity index (χ1v) is 7.92. The highest BCUT2D eigenvalue weighted by molar-refractivity contribution is 7.13. The van der Waals surface area contributed by atoms with Crippen molar-refractivity contribution in [1.82, 2.24) is 14.8 Å². The fourth-order valence-electron chi connectivity index (χ4n) is 2.14. The smallest absolute Gasteiger partial charge is 0.358 e. The zero-order valence-electron chi connectivity index (χ0n) is 12.9. The number of aromatic nitrogens is 3. The monoisotopic (exact) mass is 349 g/mol. The van der Waals surface area contributed by atoms with Crippen LogP contribution in [0.2, 0.25) is 0 Å². The summed E-state index contributed by atoms with van der Waals surface area (Å²) in [6.45, 7) is 1.48. The molecule has 24 heavy (non-hydrogen) atoms. The zero-order valence-corrected chi connectivity index (χ0v) is 13.7. The van der Waals surface area contributed by atoms with Crippen LogP contribution in [0.4, 0.5) is 8.78 Å². The van der Waals surface area contributed by atoms with Gasteiger partial charge in [0.2, 0.25) is 0 Å². The molecule has 0 aliphatic carbocycles. The van der Waals surface area contributed by atoms with E-state index in [1.165, 1.54) is 18.3 Å². The molecule has 0 aliphatic heterocycles. The quantitative estimate of drug-likeness (QED) is 0.673. The molecule has 124 valence electrons. The lowest BCUT2D eigenvalue weighted by atomic mass is 10.1. The molecule has 2 heterocycles. The average Bonchev–Trinajstić information content (AvgIpc) is 3.18. The van der Waals surface area contributed by atoms with Crippen molar-refractivity contribution in [2.75, 3.05) is 0 Å². The SMILES string of the molecule is CC(OC(=O)c1csc(-c2cnn(C)c2)n1)c1cc(F)ccc1F. The molecule has 0 spiro atoms. The van der Waals surface area contributed by atoms with E-state index < -0.39 is 23.7 Å². The number of halogens is 2. The lowest BCUT2D eigenvalue weighted by Crippen LogP contribution is -2.11. The number of hydrogen-bond acceptors (Lipinski definition) is 5. The Balaban J connectivity index is 1.75. The number of esters is 1. The maximum Gasteiger partial charge on any atom is 0.358 e. The molecular formula is C16H13F2N3O2S. The summed E-state index contributed by atoms with van der Waals surface area (Å²) in [6.07, 6.45) is 2.48. The van der Waals surface area contributed by atoms with Gasteiger partial charge in [-0.15, -0.1) is 11.3 Å². The van der Waals surface area contributed by atoms with Gasteiger partial charge in [-0.2, -0.15) is 5.10 Å². The van der Waals surface area contributed by atoms with E-state index in [-0.39, 0.29) is 11.3 Å². The maximum absolute atomic E-state index is 13.7.